The molecular weight excluding hydrogens is 448 g/mol. The van der Waals surface area contributed by atoms with Crippen molar-refractivity contribution in [2.45, 2.75) is 24.9 Å². The molecular formula is C25H30N6O2S. The van der Waals surface area contributed by atoms with Crippen molar-refractivity contribution in [2.75, 3.05) is 60.3 Å². The third-order valence-corrected chi connectivity index (χ3v) is 7.09. The van der Waals surface area contributed by atoms with Crippen molar-refractivity contribution in [1.82, 2.24) is 14.8 Å². The number of nitrogens with one attached hydrogen (secondary N) is 1. The number of rotatable bonds is 7. The van der Waals surface area contributed by atoms with Crippen LogP contribution >= 0.6 is 11.8 Å². The molecule has 1 aromatic heterocycles. The molecule has 2 fully saturated rings. The van der Waals surface area contributed by atoms with Crippen LogP contribution < -0.4 is 15.1 Å². The average molecular weight is 479 g/mol. The van der Waals surface area contributed by atoms with E-state index >= 15 is 0 Å². The Morgan fingerprint density at radius 3 is 2.29 bits per heavy atom. The molecule has 178 valence electrons. The third-order valence-electron chi connectivity index (χ3n) is 6.16. The molecule has 5 rings (SSSR count). The zero-order chi connectivity index (χ0) is 23.3. The molecule has 0 bridgehead atoms. The second kappa shape index (κ2) is 10.5. The van der Waals surface area contributed by atoms with Crippen molar-refractivity contribution < 1.29 is 9.53 Å². The number of aryl methyl sites for hydroxylation is 1. The molecule has 2 aliphatic rings. The van der Waals surface area contributed by atoms with Gasteiger partial charge in [-0.15, -0.1) is 10.2 Å². The van der Waals surface area contributed by atoms with Gasteiger partial charge in [-0.05, 0) is 56.2 Å². The van der Waals surface area contributed by atoms with Gasteiger partial charge in [-0.1, -0.05) is 29.5 Å². The summed E-state index contributed by atoms with van der Waals surface area (Å²) in [5.74, 6) is 0.971. The monoisotopic (exact) mass is 478 g/mol. The summed E-state index contributed by atoms with van der Waals surface area (Å²) >= 11 is 1.39. The van der Waals surface area contributed by atoms with Crippen molar-refractivity contribution in [3.63, 3.8) is 0 Å². The van der Waals surface area contributed by atoms with E-state index in [9.17, 15) is 4.79 Å². The highest BCUT2D eigenvalue weighted by Crippen LogP contribution is 2.28. The molecule has 0 aliphatic carbocycles. The maximum absolute atomic E-state index is 12.7. The Balaban J connectivity index is 1.27. The molecule has 0 atom stereocenters. The van der Waals surface area contributed by atoms with Gasteiger partial charge < -0.3 is 19.9 Å². The van der Waals surface area contributed by atoms with Gasteiger partial charge in [0.15, 0.2) is 5.16 Å². The lowest BCUT2D eigenvalue weighted by Crippen LogP contribution is -2.37. The van der Waals surface area contributed by atoms with E-state index in [2.05, 4.69) is 68.6 Å². The molecule has 2 aliphatic heterocycles. The highest BCUT2D eigenvalue weighted by Gasteiger charge is 2.22. The van der Waals surface area contributed by atoms with Gasteiger partial charge in [0.25, 0.3) is 0 Å². The van der Waals surface area contributed by atoms with Gasteiger partial charge in [0.2, 0.25) is 11.9 Å². The molecule has 0 saturated carbocycles. The lowest BCUT2D eigenvalue weighted by molar-refractivity contribution is -0.113. The van der Waals surface area contributed by atoms with E-state index in [-0.39, 0.29) is 11.7 Å². The lowest BCUT2D eigenvalue weighted by atomic mass is 10.2. The normalized spacial score (nSPS) is 16.1. The number of carbonyl (C=O) groups excluding carboxylic acids is 1. The molecule has 9 heteroatoms. The molecule has 0 spiro atoms. The van der Waals surface area contributed by atoms with Gasteiger partial charge in [0.05, 0.1) is 24.7 Å². The zero-order valence-electron chi connectivity index (χ0n) is 19.4. The van der Waals surface area contributed by atoms with Crippen molar-refractivity contribution in [3.8, 4) is 5.69 Å². The molecule has 3 heterocycles. The fraction of sp³-hybridized carbons (Fsp3) is 0.400. The van der Waals surface area contributed by atoms with E-state index in [1.54, 1.807) is 0 Å². The summed E-state index contributed by atoms with van der Waals surface area (Å²) in [5.41, 5.74) is 4.20. The van der Waals surface area contributed by atoms with Crippen LogP contribution in [0.4, 0.5) is 17.3 Å². The standard InChI is InChI=1S/C25H30N6O2S/c1-19-4-8-22(9-5-19)31-24(30-14-16-33-17-15-30)27-28-25(31)34-18-23(32)26-20-6-10-21(11-7-20)29-12-2-3-13-29/h4-11H,2-3,12-18H2,1H3,(H,26,32). The van der Waals surface area contributed by atoms with Crippen LogP contribution in [0.25, 0.3) is 5.69 Å². The number of hydrogen-bond donors (Lipinski definition) is 1. The van der Waals surface area contributed by atoms with E-state index in [0.717, 1.165) is 43.5 Å². The van der Waals surface area contributed by atoms with Crippen LogP contribution in [0.3, 0.4) is 0 Å². The summed E-state index contributed by atoms with van der Waals surface area (Å²) in [4.78, 5) is 17.3. The number of thioether (sulfide) groups is 1. The van der Waals surface area contributed by atoms with Crippen LogP contribution in [-0.4, -0.2) is 65.8 Å². The van der Waals surface area contributed by atoms with Gasteiger partial charge in [0.1, 0.15) is 0 Å². The Morgan fingerprint density at radius 2 is 1.59 bits per heavy atom. The van der Waals surface area contributed by atoms with Crippen LogP contribution in [0.1, 0.15) is 18.4 Å². The number of amides is 1. The topological polar surface area (TPSA) is 75.5 Å². The van der Waals surface area contributed by atoms with Crippen LogP contribution in [-0.2, 0) is 9.53 Å². The number of ether oxygens (including phenoxy) is 1. The fourth-order valence-electron chi connectivity index (χ4n) is 4.30. The van der Waals surface area contributed by atoms with E-state index in [1.165, 1.54) is 35.9 Å². The number of anilines is 3. The first-order chi connectivity index (χ1) is 16.7. The van der Waals surface area contributed by atoms with Crippen molar-refractivity contribution in [3.05, 3.63) is 54.1 Å². The largest absolute Gasteiger partial charge is 0.378 e. The molecule has 1 amide bonds. The molecule has 0 radical (unpaired) electrons. The summed E-state index contributed by atoms with van der Waals surface area (Å²) in [5, 5.41) is 12.6. The van der Waals surface area contributed by atoms with Crippen molar-refractivity contribution in [2.24, 2.45) is 0 Å². The number of aromatic nitrogens is 3. The predicted octanol–water partition coefficient (Wildman–Crippen LogP) is 3.74. The number of nitrogens with zero attached hydrogens (tertiary/aromatic N) is 5. The Kier molecular flexibility index (Phi) is 7.01. The molecule has 8 nitrogen and oxygen atoms in total. The molecule has 34 heavy (non-hydrogen) atoms. The number of morpholine rings is 1. The maximum Gasteiger partial charge on any atom is 0.234 e. The van der Waals surface area contributed by atoms with Crippen LogP contribution in [0, 0.1) is 6.92 Å². The first kappa shape index (κ1) is 22.7. The van der Waals surface area contributed by atoms with E-state index in [1.807, 2.05) is 16.7 Å². The maximum atomic E-state index is 12.7. The van der Waals surface area contributed by atoms with Gasteiger partial charge in [-0.25, -0.2) is 0 Å². The Bertz CT molecular complexity index is 1100. The predicted molar refractivity (Wildman–Crippen MR) is 136 cm³/mol. The number of hydrogen-bond acceptors (Lipinski definition) is 7. The minimum Gasteiger partial charge on any atom is -0.378 e. The minimum absolute atomic E-state index is 0.0645. The lowest BCUT2D eigenvalue weighted by Gasteiger charge is -2.27. The van der Waals surface area contributed by atoms with Crippen LogP contribution in [0.5, 0.6) is 0 Å². The number of benzene rings is 2. The van der Waals surface area contributed by atoms with E-state index < -0.39 is 0 Å². The first-order valence-electron chi connectivity index (χ1n) is 11.8. The molecule has 2 saturated heterocycles. The second-order valence-corrected chi connectivity index (χ2v) is 9.57. The molecule has 1 N–H and O–H groups in total. The smallest absolute Gasteiger partial charge is 0.234 e. The van der Waals surface area contributed by atoms with E-state index in [4.69, 9.17) is 4.74 Å². The van der Waals surface area contributed by atoms with Crippen LogP contribution in [0.2, 0.25) is 0 Å². The first-order valence-corrected chi connectivity index (χ1v) is 12.8. The van der Waals surface area contributed by atoms with Gasteiger partial charge in [0, 0.05) is 37.6 Å². The Morgan fingerprint density at radius 1 is 0.912 bits per heavy atom. The summed E-state index contributed by atoms with van der Waals surface area (Å²) in [7, 11) is 0. The van der Waals surface area contributed by atoms with Gasteiger partial charge in [-0.3, -0.25) is 9.36 Å². The zero-order valence-corrected chi connectivity index (χ0v) is 20.3. The molecule has 0 unspecified atom stereocenters. The highest BCUT2D eigenvalue weighted by atomic mass is 32.2. The molecule has 2 aromatic carbocycles. The third kappa shape index (κ3) is 5.20. The Labute approximate surface area is 204 Å². The van der Waals surface area contributed by atoms with E-state index in [0.29, 0.717) is 18.4 Å². The Hall–Kier alpha value is -3.04. The number of carbonyl (C=O) groups is 1. The highest BCUT2D eigenvalue weighted by molar-refractivity contribution is 7.99. The quantitative estimate of drug-likeness (QED) is 0.519. The SMILES string of the molecule is Cc1ccc(-n2c(SCC(=O)Nc3ccc(N4CCCC4)cc3)nnc2N2CCOCC2)cc1. The summed E-state index contributed by atoms with van der Waals surface area (Å²) < 4.78 is 7.54. The van der Waals surface area contributed by atoms with Crippen LogP contribution in [0.15, 0.2) is 53.7 Å². The van der Waals surface area contributed by atoms with Crippen molar-refractivity contribution in [1.29, 1.82) is 0 Å². The fourth-order valence-corrected chi connectivity index (χ4v) is 5.05. The summed E-state index contributed by atoms with van der Waals surface area (Å²) in [6.45, 7) is 7.15. The minimum atomic E-state index is -0.0645. The van der Waals surface area contributed by atoms with Gasteiger partial charge in [-0.2, -0.15) is 0 Å². The average Bonchev–Trinajstić information content (AvgIpc) is 3.55. The second-order valence-electron chi connectivity index (χ2n) is 8.63. The van der Waals surface area contributed by atoms with Gasteiger partial charge >= 0.3 is 0 Å². The summed E-state index contributed by atoms with van der Waals surface area (Å²) in [6.07, 6.45) is 2.49. The van der Waals surface area contributed by atoms with Crippen molar-refractivity contribution >= 4 is 35.0 Å². The molecule has 3 aromatic rings. The summed E-state index contributed by atoms with van der Waals surface area (Å²) in [6, 6.07) is 16.4.